The zero-order valence-electron chi connectivity index (χ0n) is 15.8. The van der Waals surface area contributed by atoms with Gasteiger partial charge in [-0.25, -0.2) is 13.2 Å². The average molecular weight is 419 g/mol. The van der Waals surface area contributed by atoms with Crippen LogP contribution in [0.3, 0.4) is 0 Å². The Hall–Kier alpha value is -3.04. The molecular formula is C21H20F3N3O3. The fourth-order valence-electron chi connectivity index (χ4n) is 3.52. The highest BCUT2D eigenvalue weighted by Crippen LogP contribution is 2.36. The van der Waals surface area contributed by atoms with Gasteiger partial charge in [-0.1, -0.05) is 18.2 Å². The maximum Gasteiger partial charge on any atom is 0.289 e. The van der Waals surface area contributed by atoms with Crippen LogP contribution in [0.4, 0.5) is 18.9 Å². The lowest BCUT2D eigenvalue weighted by Crippen LogP contribution is -2.53. The molecule has 0 spiro atoms. The summed E-state index contributed by atoms with van der Waals surface area (Å²) in [6.45, 7) is 0.931. The molecule has 2 aliphatic heterocycles. The first kappa shape index (κ1) is 20.2. The fourth-order valence-corrected chi connectivity index (χ4v) is 3.52. The molecule has 2 aromatic carbocycles. The molecule has 1 saturated heterocycles. The minimum Gasteiger partial charge on any atom is -0.444 e. The number of para-hydroxylation sites is 1. The summed E-state index contributed by atoms with van der Waals surface area (Å²) in [5, 5.41) is 18.7. The molecule has 0 saturated carbocycles. The molecule has 2 atom stereocenters. The highest BCUT2D eigenvalue weighted by Gasteiger charge is 2.31. The predicted octanol–water partition coefficient (Wildman–Crippen LogP) is 2.20. The third-order valence-corrected chi connectivity index (χ3v) is 5.10. The van der Waals surface area contributed by atoms with E-state index in [1.165, 1.54) is 24.3 Å². The van der Waals surface area contributed by atoms with Gasteiger partial charge in [-0.05, 0) is 36.7 Å². The third-order valence-electron chi connectivity index (χ3n) is 5.10. The second kappa shape index (κ2) is 8.37. The van der Waals surface area contributed by atoms with Gasteiger partial charge in [0.05, 0.1) is 23.5 Å². The molecule has 6 nitrogen and oxygen atoms in total. The normalized spacial score (nSPS) is 20.8. The minimum absolute atomic E-state index is 0.00755. The molecule has 4 N–H and O–H groups in total. The van der Waals surface area contributed by atoms with Crippen molar-refractivity contribution in [3.8, 4) is 5.75 Å². The van der Waals surface area contributed by atoms with Gasteiger partial charge < -0.3 is 25.8 Å². The number of benzene rings is 2. The van der Waals surface area contributed by atoms with Gasteiger partial charge in [-0.3, -0.25) is 4.79 Å². The Bertz CT molecular complexity index is 1010. The standard InChI is InChI=1S/C21H20F3N3O3/c22-12-4-1-3-11(18(12)24)9-16-20(21(29)27-14-7-8-25-10-17(14)28)30-19-13(23)5-2-6-15(19)26-16/h1-6,14,17,25-26,28H,7-10H2,(H,27,29). The summed E-state index contributed by atoms with van der Waals surface area (Å²) in [5.41, 5.74) is 0.423. The van der Waals surface area contributed by atoms with Gasteiger partial charge in [0.25, 0.3) is 5.91 Å². The van der Waals surface area contributed by atoms with E-state index in [1.807, 2.05) is 0 Å². The monoisotopic (exact) mass is 419 g/mol. The lowest BCUT2D eigenvalue weighted by molar-refractivity contribution is -0.121. The number of amides is 1. The van der Waals surface area contributed by atoms with E-state index >= 15 is 0 Å². The Morgan fingerprint density at radius 2 is 1.93 bits per heavy atom. The molecular weight excluding hydrogens is 399 g/mol. The van der Waals surface area contributed by atoms with Gasteiger partial charge in [-0.2, -0.15) is 0 Å². The number of carbonyl (C=O) groups excluding carboxylic acids is 1. The molecule has 158 valence electrons. The van der Waals surface area contributed by atoms with Crippen LogP contribution in [0.1, 0.15) is 12.0 Å². The molecule has 2 unspecified atom stereocenters. The highest BCUT2D eigenvalue weighted by molar-refractivity contribution is 5.94. The van der Waals surface area contributed by atoms with Crippen molar-refractivity contribution in [2.24, 2.45) is 0 Å². The highest BCUT2D eigenvalue weighted by atomic mass is 19.2. The number of aliphatic hydroxyl groups is 1. The first-order chi connectivity index (χ1) is 14.4. The van der Waals surface area contributed by atoms with Gasteiger partial charge in [0.15, 0.2) is 23.2 Å². The first-order valence-corrected chi connectivity index (χ1v) is 9.53. The minimum atomic E-state index is -1.04. The molecule has 0 bridgehead atoms. The van der Waals surface area contributed by atoms with Gasteiger partial charge >= 0.3 is 0 Å². The largest absolute Gasteiger partial charge is 0.444 e. The Morgan fingerprint density at radius 1 is 1.17 bits per heavy atom. The van der Waals surface area contributed by atoms with E-state index in [4.69, 9.17) is 4.74 Å². The number of fused-ring (bicyclic) bond motifs is 1. The summed E-state index contributed by atoms with van der Waals surface area (Å²) in [6.07, 6.45) is -0.489. The Morgan fingerprint density at radius 3 is 2.73 bits per heavy atom. The second-order valence-corrected chi connectivity index (χ2v) is 7.18. The zero-order chi connectivity index (χ0) is 21.3. The Labute approximate surface area is 170 Å². The van der Waals surface area contributed by atoms with Gasteiger partial charge in [-0.15, -0.1) is 0 Å². The van der Waals surface area contributed by atoms with Crippen molar-refractivity contribution >= 4 is 11.6 Å². The third kappa shape index (κ3) is 3.99. The number of nitrogens with one attached hydrogen (secondary N) is 3. The summed E-state index contributed by atoms with van der Waals surface area (Å²) < 4.78 is 47.6. The average Bonchev–Trinajstić information content (AvgIpc) is 2.73. The van der Waals surface area contributed by atoms with Crippen LogP contribution < -0.4 is 20.7 Å². The van der Waals surface area contributed by atoms with E-state index < -0.39 is 35.5 Å². The second-order valence-electron chi connectivity index (χ2n) is 7.18. The molecule has 2 aliphatic rings. The number of halogens is 3. The molecule has 0 aliphatic carbocycles. The van der Waals surface area contributed by atoms with Crippen LogP contribution in [0.25, 0.3) is 0 Å². The number of allylic oxidation sites excluding steroid dienone is 1. The molecule has 2 aromatic rings. The Kier molecular flexibility index (Phi) is 5.65. The zero-order valence-corrected chi connectivity index (χ0v) is 15.8. The van der Waals surface area contributed by atoms with Crippen LogP contribution >= 0.6 is 0 Å². The molecule has 0 radical (unpaired) electrons. The maximum atomic E-state index is 14.2. The van der Waals surface area contributed by atoms with E-state index in [0.29, 0.717) is 19.5 Å². The fraction of sp³-hybridized carbons (Fsp3) is 0.286. The number of rotatable bonds is 4. The number of hydrogen-bond donors (Lipinski definition) is 4. The Balaban J connectivity index is 1.67. The number of aliphatic hydroxyl groups excluding tert-OH is 1. The van der Waals surface area contributed by atoms with Crippen molar-refractivity contribution in [1.82, 2.24) is 10.6 Å². The molecule has 9 heteroatoms. The lowest BCUT2D eigenvalue weighted by Gasteiger charge is -2.30. The van der Waals surface area contributed by atoms with Crippen molar-refractivity contribution in [2.75, 3.05) is 18.4 Å². The molecule has 0 aromatic heterocycles. The van der Waals surface area contributed by atoms with E-state index in [0.717, 1.165) is 6.07 Å². The van der Waals surface area contributed by atoms with Crippen molar-refractivity contribution in [3.63, 3.8) is 0 Å². The quantitative estimate of drug-likeness (QED) is 0.611. The van der Waals surface area contributed by atoms with E-state index in [1.54, 1.807) is 6.07 Å². The number of carbonyl (C=O) groups is 1. The summed E-state index contributed by atoms with van der Waals surface area (Å²) in [5.74, 6) is -3.85. The summed E-state index contributed by atoms with van der Waals surface area (Å²) in [4.78, 5) is 12.9. The summed E-state index contributed by atoms with van der Waals surface area (Å²) in [7, 11) is 0. The lowest BCUT2D eigenvalue weighted by atomic mass is 10.0. The van der Waals surface area contributed by atoms with Crippen LogP contribution in [0.15, 0.2) is 47.9 Å². The number of piperidine rings is 1. The smallest absolute Gasteiger partial charge is 0.289 e. The SMILES string of the molecule is O=C(NC1CCNCC1O)C1=C(Cc2cccc(F)c2F)Nc2cccc(F)c2O1. The number of β-amino-alcohol motifs (C(OH)–C–C–N with tert-alkyl or cyclic N) is 1. The van der Waals surface area contributed by atoms with Crippen LogP contribution in [-0.2, 0) is 11.2 Å². The maximum absolute atomic E-state index is 14.2. The van der Waals surface area contributed by atoms with Crippen molar-refractivity contribution in [1.29, 1.82) is 0 Å². The van der Waals surface area contributed by atoms with E-state index in [9.17, 15) is 23.1 Å². The van der Waals surface area contributed by atoms with Crippen LogP contribution in [0, 0.1) is 17.5 Å². The number of anilines is 1. The molecule has 1 fully saturated rings. The van der Waals surface area contributed by atoms with Crippen LogP contribution in [0.2, 0.25) is 0 Å². The van der Waals surface area contributed by atoms with Crippen molar-refractivity contribution in [2.45, 2.75) is 25.0 Å². The number of hydrogen-bond acceptors (Lipinski definition) is 5. The van der Waals surface area contributed by atoms with E-state index in [2.05, 4.69) is 16.0 Å². The molecule has 30 heavy (non-hydrogen) atoms. The van der Waals surface area contributed by atoms with Crippen LogP contribution in [-0.4, -0.2) is 36.2 Å². The van der Waals surface area contributed by atoms with Gasteiger partial charge in [0.1, 0.15) is 0 Å². The van der Waals surface area contributed by atoms with Crippen LogP contribution in [0.5, 0.6) is 5.75 Å². The van der Waals surface area contributed by atoms with E-state index in [-0.39, 0.29) is 34.9 Å². The van der Waals surface area contributed by atoms with Gasteiger partial charge in [0, 0.05) is 13.0 Å². The van der Waals surface area contributed by atoms with Gasteiger partial charge in [0.2, 0.25) is 5.76 Å². The number of ether oxygens (including phenoxy) is 1. The summed E-state index contributed by atoms with van der Waals surface area (Å²) in [6, 6.07) is 7.41. The van der Waals surface area contributed by atoms with Crippen molar-refractivity contribution < 1.29 is 27.8 Å². The predicted molar refractivity (Wildman–Crippen MR) is 103 cm³/mol. The molecule has 1 amide bonds. The topological polar surface area (TPSA) is 82.6 Å². The summed E-state index contributed by atoms with van der Waals surface area (Å²) >= 11 is 0. The van der Waals surface area contributed by atoms with Crippen molar-refractivity contribution in [3.05, 3.63) is 70.9 Å². The first-order valence-electron chi connectivity index (χ1n) is 9.53. The molecule has 2 heterocycles. The molecule has 4 rings (SSSR count).